The molecule has 1 heterocycles. The van der Waals surface area contributed by atoms with E-state index >= 15 is 0 Å². The highest BCUT2D eigenvalue weighted by Crippen LogP contribution is 2.26. The fourth-order valence-electron chi connectivity index (χ4n) is 0.723. The smallest absolute Gasteiger partial charge is 0.269 e. The van der Waals surface area contributed by atoms with Crippen molar-refractivity contribution in [2.75, 3.05) is 13.7 Å². The van der Waals surface area contributed by atoms with Gasteiger partial charge < -0.3 is 0 Å². The van der Waals surface area contributed by atoms with Crippen LogP contribution in [0.25, 0.3) is 0 Å². The number of carbonyl (C=O) groups is 1. The second-order valence-corrected chi connectivity index (χ2v) is 2.90. The molecule has 1 aliphatic heterocycles. The number of hydrogen-bond donors (Lipinski definition) is 0. The van der Waals surface area contributed by atoms with Gasteiger partial charge in [-0.2, -0.15) is 0 Å². The zero-order chi connectivity index (χ0) is 7.78. The van der Waals surface area contributed by atoms with E-state index < -0.39 is 5.41 Å². The van der Waals surface area contributed by atoms with E-state index in [2.05, 4.69) is 4.84 Å². The van der Waals surface area contributed by atoms with Crippen LogP contribution in [0.4, 0.5) is 0 Å². The third kappa shape index (κ3) is 0.998. The van der Waals surface area contributed by atoms with Crippen LogP contribution in [0.15, 0.2) is 0 Å². The second kappa shape index (κ2) is 2.21. The van der Waals surface area contributed by atoms with Crippen LogP contribution in [-0.4, -0.2) is 24.9 Å². The third-order valence-electron chi connectivity index (χ3n) is 1.45. The number of hydrogen-bond acceptors (Lipinski definition) is 3. The van der Waals surface area contributed by atoms with Gasteiger partial charge in [-0.15, -0.1) is 0 Å². The molecule has 0 radical (unpaired) electrons. The summed E-state index contributed by atoms with van der Waals surface area (Å²) in [5, 5.41) is 0.917. The Labute approximate surface area is 59.6 Å². The van der Waals surface area contributed by atoms with Crippen LogP contribution in [0.3, 0.4) is 0 Å². The molecule has 0 unspecified atom stereocenters. The van der Waals surface area contributed by atoms with Gasteiger partial charge in [0.2, 0.25) is 0 Å². The molecule has 1 aliphatic rings. The minimum Gasteiger partial charge on any atom is -0.269 e. The summed E-state index contributed by atoms with van der Waals surface area (Å²) in [7, 11) is 1.40. The van der Waals surface area contributed by atoms with Crippen molar-refractivity contribution in [3.63, 3.8) is 0 Å². The zero-order valence-electron chi connectivity index (χ0n) is 6.38. The Morgan fingerprint density at radius 3 is 2.50 bits per heavy atom. The van der Waals surface area contributed by atoms with E-state index in [9.17, 15) is 4.79 Å². The van der Waals surface area contributed by atoms with Gasteiger partial charge in [-0.1, -0.05) is 5.23 Å². The minimum absolute atomic E-state index is 0.130. The molecule has 0 bridgehead atoms. The fraction of sp³-hybridized carbons (Fsp3) is 0.833. The first kappa shape index (κ1) is 7.50. The molecular formula is C6H11NO3. The van der Waals surface area contributed by atoms with Crippen molar-refractivity contribution < 1.29 is 14.5 Å². The Balaban J connectivity index is 2.67. The molecule has 58 valence electrons. The van der Waals surface area contributed by atoms with Crippen molar-refractivity contribution in [2.45, 2.75) is 13.8 Å². The topological polar surface area (TPSA) is 38.8 Å². The predicted octanol–water partition coefficient (Wildman–Crippen LogP) is 0.348. The van der Waals surface area contributed by atoms with E-state index in [1.165, 1.54) is 7.11 Å². The molecule has 10 heavy (non-hydrogen) atoms. The van der Waals surface area contributed by atoms with Crippen molar-refractivity contribution in [1.82, 2.24) is 5.23 Å². The van der Waals surface area contributed by atoms with E-state index in [0.29, 0.717) is 6.61 Å². The van der Waals surface area contributed by atoms with Gasteiger partial charge in [0, 0.05) is 0 Å². The van der Waals surface area contributed by atoms with Crippen molar-refractivity contribution in [2.24, 2.45) is 5.41 Å². The van der Waals surface area contributed by atoms with Gasteiger partial charge in [-0.3, -0.25) is 4.79 Å². The molecule has 0 N–H and O–H groups in total. The summed E-state index contributed by atoms with van der Waals surface area (Å²) in [6, 6.07) is 0. The van der Waals surface area contributed by atoms with Crippen LogP contribution in [0.5, 0.6) is 0 Å². The molecule has 4 heteroatoms. The van der Waals surface area contributed by atoms with Gasteiger partial charge in [-0.05, 0) is 13.8 Å². The van der Waals surface area contributed by atoms with Crippen molar-refractivity contribution in [3.8, 4) is 0 Å². The molecule has 1 saturated heterocycles. The molecule has 0 aromatic carbocycles. The lowest BCUT2D eigenvalue weighted by molar-refractivity contribution is -0.307. The van der Waals surface area contributed by atoms with Gasteiger partial charge in [-0.25, -0.2) is 9.68 Å². The van der Waals surface area contributed by atoms with E-state index in [0.717, 1.165) is 5.23 Å². The first-order valence-corrected chi connectivity index (χ1v) is 3.09. The van der Waals surface area contributed by atoms with Crippen molar-refractivity contribution >= 4 is 5.91 Å². The maximum atomic E-state index is 11.1. The van der Waals surface area contributed by atoms with Crippen molar-refractivity contribution in [3.05, 3.63) is 0 Å². The monoisotopic (exact) mass is 145 g/mol. The molecular weight excluding hydrogens is 134 g/mol. The molecule has 0 spiro atoms. The lowest BCUT2D eigenvalue weighted by Crippen LogP contribution is -2.29. The summed E-state index contributed by atoms with van der Waals surface area (Å²) < 4.78 is 0. The quantitative estimate of drug-likeness (QED) is 0.534. The van der Waals surface area contributed by atoms with Crippen LogP contribution < -0.4 is 0 Å². The summed E-state index contributed by atoms with van der Waals surface area (Å²) >= 11 is 0. The van der Waals surface area contributed by atoms with Crippen LogP contribution in [0.2, 0.25) is 0 Å². The Hall–Kier alpha value is -0.610. The second-order valence-electron chi connectivity index (χ2n) is 2.90. The first-order valence-electron chi connectivity index (χ1n) is 3.09. The Morgan fingerprint density at radius 1 is 1.70 bits per heavy atom. The normalized spacial score (nSPS) is 23.9. The van der Waals surface area contributed by atoms with Gasteiger partial charge >= 0.3 is 0 Å². The van der Waals surface area contributed by atoms with Gasteiger partial charge in [0.1, 0.15) is 0 Å². The number of carbonyl (C=O) groups excluding carboxylic acids is 1. The summed E-state index contributed by atoms with van der Waals surface area (Å²) in [6.07, 6.45) is 0. The molecule has 1 amide bonds. The molecule has 1 fully saturated rings. The molecule has 1 rings (SSSR count). The van der Waals surface area contributed by atoms with Gasteiger partial charge in [0.05, 0.1) is 19.1 Å². The first-order chi connectivity index (χ1) is 4.58. The van der Waals surface area contributed by atoms with E-state index in [1.54, 1.807) is 0 Å². The highest BCUT2D eigenvalue weighted by atomic mass is 17.0. The molecule has 0 atom stereocenters. The van der Waals surface area contributed by atoms with Crippen LogP contribution in [-0.2, 0) is 14.5 Å². The Bertz CT molecular complexity index is 155. The Morgan fingerprint density at radius 2 is 2.30 bits per heavy atom. The van der Waals surface area contributed by atoms with E-state index in [-0.39, 0.29) is 5.91 Å². The molecule has 0 aromatic rings. The lowest BCUT2D eigenvalue weighted by Gasteiger charge is -2.12. The molecule has 0 saturated carbocycles. The number of amides is 1. The third-order valence-corrected chi connectivity index (χ3v) is 1.45. The molecule has 4 nitrogen and oxygen atoms in total. The summed E-state index contributed by atoms with van der Waals surface area (Å²) in [5.41, 5.74) is -0.435. The average Bonchev–Trinajstić information content (AvgIpc) is 2.10. The lowest BCUT2D eigenvalue weighted by atomic mass is 9.95. The number of hydroxylamine groups is 2. The minimum atomic E-state index is -0.435. The van der Waals surface area contributed by atoms with Gasteiger partial charge in [0.15, 0.2) is 0 Å². The summed E-state index contributed by atoms with van der Waals surface area (Å²) in [6.45, 7) is 4.02. The largest absolute Gasteiger partial charge is 0.281 e. The average molecular weight is 145 g/mol. The number of nitrogens with zero attached hydrogens (tertiary/aromatic N) is 1. The van der Waals surface area contributed by atoms with Crippen LogP contribution in [0, 0.1) is 5.41 Å². The van der Waals surface area contributed by atoms with E-state index in [1.807, 2.05) is 13.8 Å². The predicted molar refractivity (Wildman–Crippen MR) is 33.6 cm³/mol. The zero-order valence-corrected chi connectivity index (χ0v) is 6.38. The van der Waals surface area contributed by atoms with Crippen LogP contribution in [0.1, 0.15) is 13.8 Å². The molecule has 0 aliphatic carbocycles. The maximum Gasteiger partial charge on any atom is 0.281 e. The highest BCUT2D eigenvalue weighted by Gasteiger charge is 2.41. The summed E-state index contributed by atoms with van der Waals surface area (Å²) in [5.74, 6) is -0.130. The molecule has 0 aromatic heterocycles. The summed E-state index contributed by atoms with van der Waals surface area (Å²) in [4.78, 5) is 20.6. The standard InChI is InChI=1S/C6H11NO3/c1-6(2)4-10-7(9-3)5(6)8/h4H2,1-3H3. The Kier molecular flexibility index (Phi) is 1.66. The van der Waals surface area contributed by atoms with Crippen LogP contribution >= 0.6 is 0 Å². The SMILES string of the molecule is CON1OCC(C)(C)C1=O. The van der Waals surface area contributed by atoms with E-state index in [4.69, 9.17) is 4.84 Å². The van der Waals surface area contributed by atoms with Crippen molar-refractivity contribution in [1.29, 1.82) is 0 Å². The fourth-order valence-corrected chi connectivity index (χ4v) is 0.723. The number of rotatable bonds is 1. The highest BCUT2D eigenvalue weighted by molar-refractivity contribution is 5.81. The maximum absolute atomic E-state index is 11.1. The van der Waals surface area contributed by atoms with Gasteiger partial charge in [0.25, 0.3) is 5.91 Å².